The van der Waals surface area contributed by atoms with Crippen LogP contribution in [-0.4, -0.2) is 14.7 Å². The standard InChI is InChI=1S/C23H20N4O/c1-15-18(6-3-7-21(15)24)20-13-27(12-16-5-4-10-26-22(16)14-28)23-9-8-17(25-2)11-19(20)23/h3-11,13,28H,12,14,24H2,1H3. The van der Waals surface area contributed by atoms with E-state index in [4.69, 9.17) is 12.3 Å². The molecule has 0 atom stereocenters. The molecule has 3 N–H and O–H groups in total. The fourth-order valence-electron chi connectivity index (χ4n) is 3.59. The molecule has 0 aliphatic heterocycles. The molecule has 28 heavy (non-hydrogen) atoms. The van der Waals surface area contributed by atoms with Crippen molar-refractivity contribution in [2.75, 3.05) is 5.73 Å². The van der Waals surface area contributed by atoms with Gasteiger partial charge in [0.25, 0.3) is 0 Å². The zero-order chi connectivity index (χ0) is 19.7. The number of nitrogens with zero attached hydrogens (tertiary/aromatic N) is 3. The molecule has 0 saturated carbocycles. The summed E-state index contributed by atoms with van der Waals surface area (Å²) in [5.74, 6) is 0. The summed E-state index contributed by atoms with van der Waals surface area (Å²) in [7, 11) is 0. The van der Waals surface area contributed by atoms with Crippen LogP contribution < -0.4 is 5.73 Å². The maximum absolute atomic E-state index is 9.61. The van der Waals surface area contributed by atoms with Crippen molar-refractivity contribution in [1.82, 2.24) is 9.55 Å². The Bertz CT molecular complexity index is 1220. The second-order valence-corrected chi connectivity index (χ2v) is 6.77. The molecule has 0 unspecified atom stereocenters. The molecule has 5 nitrogen and oxygen atoms in total. The first kappa shape index (κ1) is 17.8. The molecule has 0 spiro atoms. The zero-order valence-electron chi connectivity index (χ0n) is 15.6. The molecular formula is C23H20N4O. The van der Waals surface area contributed by atoms with Crippen molar-refractivity contribution in [1.29, 1.82) is 0 Å². The number of benzene rings is 2. The quantitative estimate of drug-likeness (QED) is 0.406. The van der Waals surface area contributed by atoms with E-state index in [0.29, 0.717) is 17.9 Å². The molecule has 0 fully saturated rings. The maximum Gasteiger partial charge on any atom is 0.188 e. The van der Waals surface area contributed by atoms with Crippen LogP contribution in [0, 0.1) is 13.5 Å². The van der Waals surface area contributed by atoms with E-state index in [2.05, 4.69) is 26.7 Å². The molecule has 2 heterocycles. The molecule has 138 valence electrons. The summed E-state index contributed by atoms with van der Waals surface area (Å²) in [4.78, 5) is 7.86. The molecule has 0 amide bonds. The third kappa shape index (κ3) is 3.00. The fourth-order valence-corrected chi connectivity index (χ4v) is 3.59. The largest absolute Gasteiger partial charge is 0.398 e. The minimum Gasteiger partial charge on any atom is -0.398 e. The number of aromatic nitrogens is 2. The lowest BCUT2D eigenvalue weighted by molar-refractivity contribution is 0.275. The van der Waals surface area contributed by atoms with Crippen molar-refractivity contribution in [3.63, 3.8) is 0 Å². The Morgan fingerprint density at radius 2 is 2.00 bits per heavy atom. The lowest BCUT2D eigenvalue weighted by Gasteiger charge is -2.09. The molecule has 0 bridgehead atoms. The molecule has 0 radical (unpaired) electrons. The first-order chi connectivity index (χ1) is 13.6. The zero-order valence-corrected chi connectivity index (χ0v) is 15.6. The third-order valence-corrected chi connectivity index (χ3v) is 5.13. The minimum atomic E-state index is -0.0988. The van der Waals surface area contributed by atoms with Crippen molar-refractivity contribution in [2.45, 2.75) is 20.1 Å². The molecule has 2 aromatic heterocycles. The monoisotopic (exact) mass is 368 g/mol. The predicted molar refractivity (Wildman–Crippen MR) is 112 cm³/mol. The van der Waals surface area contributed by atoms with Gasteiger partial charge in [-0.05, 0) is 53.3 Å². The molecule has 0 saturated heterocycles. The molecule has 4 rings (SSSR count). The molecule has 5 heteroatoms. The van der Waals surface area contributed by atoms with E-state index in [1.54, 1.807) is 6.20 Å². The third-order valence-electron chi connectivity index (χ3n) is 5.13. The number of fused-ring (bicyclic) bond motifs is 1. The summed E-state index contributed by atoms with van der Waals surface area (Å²) in [6.07, 6.45) is 3.78. The topological polar surface area (TPSA) is 68.4 Å². The number of nitrogen functional groups attached to an aromatic ring is 1. The molecule has 0 aliphatic rings. The van der Waals surface area contributed by atoms with Crippen molar-refractivity contribution < 1.29 is 5.11 Å². The van der Waals surface area contributed by atoms with Crippen LogP contribution in [0.1, 0.15) is 16.8 Å². The van der Waals surface area contributed by atoms with E-state index >= 15 is 0 Å². The first-order valence-corrected chi connectivity index (χ1v) is 9.02. The van der Waals surface area contributed by atoms with Gasteiger partial charge in [0.15, 0.2) is 5.69 Å². The lowest BCUT2D eigenvalue weighted by Crippen LogP contribution is -2.03. The summed E-state index contributed by atoms with van der Waals surface area (Å²) in [6.45, 7) is 9.87. The van der Waals surface area contributed by atoms with Gasteiger partial charge in [-0.25, -0.2) is 4.85 Å². The number of nitrogens with two attached hydrogens (primary N) is 1. The van der Waals surface area contributed by atoms with Crippen molar-refractivity contribution >= 4 is 22.3 Å². The Labute approximate surface area is 163 Å². The number of aliphatic hydroxyl groups is 1. The van der Waals surface area contributed by atoms with Crippen LogP contribution in [0.25, 0.3) is 26.9 Å². The Morgan fingerprint density at radius 1 is 1.14 bits per heavy atom. The van der Waals surface area contributed by atoms with E-state index in [9.17, 15) is 5.11 Å². The van der Waals surface area contributed by atoms with Crippen LogP contribution in [0.5, 0.6) is 0 Å². The van der Waals surface area contributed by atoms with Gasteiger partial charge in [-0.2, -0.15) is 0 Å². The van der Waals surface area contributed by atoms with Gasteiger partial charge in [0.1, 0.15) is 0 Å². The Kier molecular flexibility index (Phi) is 4.56. The molecule has 0 aliphatic carbocycles. The van der Waals surface area contributed by atoms with Crippen molar-refractivity contribution in [3.8, 4) is 11.1 Å². The van der Waals surface area contributed by atoms with Crippen LogP contribution in [0.3, 0.4) is 0 Å². The van der Waals surface area contributed by atoms with E-state index in [1.165, 1.54) is 0 Å². The van der Waals surface area contributed by atoms with Crippen LogP contribution in [-0.2, 0) is 13.2 Å². The SMILES string of the molecule is [C-]#[N+]c1ccc2c(c1)c(-c1cccc(N)c1C)cn2Cc1cccnc1CO. The maximum atomic E-state index is 9.61. The Balaban J connectivity index is 1.94. The first-order valence-electron chi connectivity index (χ1n) is 9.02. The summed E-state index contributed by atoms with van der Waals surface area (Å²) < 4.78 is 2.14. The van der Waals surface area contributed by atoms with Crippen LogP contribution >= 0.6 is 0 Å². The van der Waals surface area contributed by atoms with Gasteiger partial charge < -0.3 is 15.4 Å². The molecular weight excluding hydrogens is 348 g/mol. The number of pyridine rings is 1. The van der Waals surface area contributed by atoms with E-state index < -0.39 is 0 Å². The highest BCUT2D eigenvalue weighted by Crippen LogP contribution is 2.36. The summed E-state index contributed by atoms with van der Waals surface area (Å²) in [5.41, 5.74) is 13.3. The Hall–Kier alpha value is -3.62. The average molecular weight is 368 g/mol. The number of hydrogen-bond acceptors (Lipinski definition) is 3. The van der Waals surface area contributed by atoms with Crippen LogP contribution in [0.15, 0.2) is 60.9 Å². The van der Waals surface area contributed by atoms with E-state index in [0.717, 1.165) is 38.8 Å². The summed E-state index contributed by atoms with van der Waals surface area (Å²) >= 11 is 0. The van der Waals surface area contributed by atoms with Crippen molar-refractivity contribution in [2.24, 2.45) is 0 Å². The van der Waals surface area contributed by atoms with Crippen molar-refractivity contribution in [3.05, 3.63) is 89.2 Å². The minimum absolute atomic E-state index is 0.0988. The van der Waals surface area contributed by atoms with E-state index in [-0.39, 0.29) is 6.61 Å². The normalized spacial score (nSPS) is 10.9. The highest BCUT2D eigenvalue weighted by molar-refractivity contribution is 5.99. The van der Waals surface area contributed by atoms with Gasteiger partial charge in [-0.15, -0.1) is 0 Å². The summed E-state index contributed by atoms with van der Waals surface area (Å²) in [6, 6.07) is 15.5. The number of aliphatic hydroxyl groups excluding tert-OH is 1. The van der Waals surface area contributed by atoms with E-state index in [1.807, 2.05) is 49.4 Å². The second-order valence-electron chi connectivity index (χ2n) is 6.77. The lowest BCUT2D eigenvalue weighted by atomic mass is 9.99. The number of hydrogen-bond donors (Lipinski definition) is 2. The number of anilines is 1. The second kappa shape index (κ2) is 7.18. The van der Waals surface area contributed by atoms with Gasteiger partial charge in [0.2, 0.25) is 0 Å². The Morgan fingerprint density at radius 3 is 2.79 bits per heavy atom. The predicted octanol–water partition coefficient (Wildman–Crippen LogP) is 4.69. The van der Waals surface area contributed by atoms with Crippen LogP contribution in [0.2, 0.25) is 0 Å². The summed E-state index contributed by atoms with van der Waals surface area (Å²) in [5, 5.41) is 10.6. The molecule has 4 aromatic rings. The average Bonchev–Trinajstić information content (AvgIpc) is 3.08. The van der Waals surface area contributed by atoms with Gasteiger partial charge in [-0.3, -0.25) is 4.98 Å². The highest BCUT2D eigenvalue weighted by atomic mass is 16.3. The fraction of sp³-hybridized carbons (Fsp3) is 0.130. The van der Waals surface area contributed by atoms with Gasteiger partial charge in [0.05, 0.1) is 18.9 Å². The molecule has 2 aromatic carbocycles. The number of rotatable bonds is 4. The smallest absolute Gasteiger partial charge is 0.188 e. The van der Waals surface area contributed by atoms with Crippen LogP contribution in [0.4, 0.5) is 11.4 Å². The highest BCUT2D eigenvalue weighted by Gasteiger charge is 2.15. The van der Waals surface area contributed by atoms with Gasteiger partial charge in [-0.1, -0.05) is 24.3 Å². The van der Waals surface area contributed by atoms with Gasteiger partial charge in [0, 0.05) is 35.7 Å². The van der Waals surface area contributed by atoms with Gasteiger partial charge >= 0.3 is 0 Å².